The third-order valence-corrected chi connectivity index (χ3v) is 5.48. The second kappa shape index (κ2) is 6.45. The number of aromatic nitrogens is 4. The minimum atomic E-state index is -0.143. The number of H-pyrrole nitrogens is 1. The van der Waals surface area contributed by atoms with E-state index in [1.54, 1.807) is 4.90 Å². The molecule has 0 aliphatic carbocycles. The third-order valence-electron chi connectivity index (χ3n) is 5.07. The van der Waals surface area contributed by atoms with Crippen molar-refractivity contribution in [3.63, 3.8) is 0 Å². The van der Waals surface area contributed by atoms with Crippen molar-refractivity contribution in [3.05, 3.63) is 58.9 Å². The Morgan fingerprint density at radius 1 is 1.25 bits per heavy atom. The van der Waals surface area contributed by atoms with Gasteiger partial charge in [-0.15, -0.1) is 0 Å². The number of hydrogen-bond donors (Lipinski definition) is 1. The van der Waals surface area contributed by atoms with E-state index in [1.165, 1.54) is 0 Å². The predicted molar refractivity (Wildman–Crippen MR) is 105 cm³/mol. The van der Waals surface area contributed by atoms with E-state index in [1.807, 2.05) is 49.4 Å². The Hall–Kier alpha value is -3.19. The fourth-order valence-electron chi connectivity index (χ4n) is 3.50. The zero-order chi connectivity index (χ0) is 19.3. The average Bonchev–Trinajstić information content (AvgIpc) is 3.41. The molecule has 0 bridgehead atoms. The van der Waals surface area contributed by atoms with Crippen LogP contribution in [0.5, 0.6) is 0 Å². The van der Waals surface area contributed by atoms with Crippen LogP contribution in [0.3, 0.4) is 0 Å². The normalized spacial score (nSPS) is 17.0. The van der Waals surface area contributed by atoms with Crippen molar-refractivity contribution in [1.82, 2.24) is 20.3 Å². The first-order valence-corrected chi connectivity index (χ1v) is 9.31. The minimum absolute atomic E-state index is 0.0153. The molecule has 5 rings (SSSR count). The van der Waals surface area contributed by atoms with Gasteiger partial charge in [0.15, 0.2) is 11.5 Å². The molecule has 1 saturated heterocycles. The molecule has 1 N–H and O–H groups in total. The van der Waals surface area contributed by atoms with E-state index in [4.69, 9.17) is 16.1 Å². The number of aryl methyl sites for hydroxylation is 1. The van der Waals surface area contributed by atoms with Crippen molar-refractivity contribution >= 4 is 34.1 Å². The largest absolute Gasteiger partial charge is 0.332 e. The molecule has 0 saturated carbocycles. The summed E-state index contributed by atoms with van der Waals surface area (Å²) in [6.45, 7) is 2.42. The predicted octanol–water partition coefficient (Wildman–Crippen LogP) is 4.10. The highest BCUT2D eigenvalue weighted by Gasteiger charge is 2.35. The van der Waals surface area contributed by atoms with Crippen LogP contribution >= 0.6 is 11.6 Å². The van der Waals surface area contributed by atoms with Crippen molar-refractivity contribution in [1.29, 1.82) is 0 Å². The lowest BCUT2D eigenvalue weighted by Crippen LogP contribution is -2.24. The highest BCUT2D eigenvalue weighted by Crippen LogP contribution is 2.33. The Kier molecular flexibility index (Phi) is 3.91. The maximum absolute atomic E-state index is 12.5. The van der Waals surface area contributed by atoms with E-state index in [-0.39, 0.29) is 11.8 Å². The first-order chi connectivity index (χ1) is 13.6. The highest BCUT2D eigenvalue weighted by atomic mass is 35.5. The van der Waals surface area contributed by atoms with Crippen molar-refractivity contribution in [2.24, 2.45) is 0 Å². The van der Waals surface area contributed by atoms with Gasteiger partial charge in [0.1, 0.15) is 0 Å². The molecule has 1 aliphatic heterocycles. The summed E-state index contributed by atoms with van der Waals surface area (Å²) in [6, 6.07) is 13.4. The summed E-state index contributed by atoms with van der Waals surface area (Å²) >= 11 is 6.21. The summed E-state index contributed by atoms with van der Waals surface area (Å²) in [6.07, 6.45) is 0.325. The highest BCUT2D eigenvalue weighted by molar-refractivity contribution is 6.31. The number of carbonyl (C=O) groups excluding carboxylic acids is 1. The average molecular weight is 394 g/mol. The van der Waals surface area contributed by atoms with Gasteiger partial charge >= 0.3 is 0 Å². The van der Waals surface area contributed by atoms with Crippen LogP contribution in [0.1, 0.15) is 23.7 Å². The summed E-state index contributed by atoms with van der Waals surface area (Å²) in [5.74, 6) is 0.727. The Balaban J connectivity index is 1.42. The first kappa shape index (κ1) is 16.9. The molecule has 1 amide bonds. The van der Waals surface area contributed by atoms with Gasteiger partial charge in [-0.3, -0.25) is 9.89 Å². The number of fused-ring (bicyclic) bond motifs is 1. The Morgan fingerprint density at radius 3 is 2.96 bits per heavy atom. The number of aromatic amines is 1. The van der Waals surface area contributed by atoms with E-state index in [2.05, 4.69) is 20.3 Å². The Labute approximate surface area is 165 Å². The van der Waals surface area contributed by atoms with E-state index >= 15 is 0 Å². The van der Waals surface area contributed by atoms with Crippen molar-refractivity contribution in [3.8, 4) is 11.6 Å². The molecule has 2 aromatic heterocycles. The molecule has 1 atom stereocenters. The van der Waals surface area contributed by atoms with E-state index in [0.717, 1.165) is 22.2 Å². The van der Waals surface area contributed by atoms with E-state index < -0.39 is 0 Å². The molecule has 1 unspecified atom stereocenters. The molecule has 1 aliphatic rings. The Bertz CT molecular complexity index is 1200. The number of para-hydroxylation sites is 1. The maximum Gasteiger partial charge on any atom is 0.279 e. The monoisotopic (exact) mass is 393 g/mol. The molecule has 1 fully saturated rings. The number of amides is 1. The number of halogens is 1. The summed E-state index contributed by atoms with van der Waals surface area (Å²) in [5, 5.41) is 12.9. The van der Waals surface area contributed by atoms with Crippen molar-refractivity contribution in [2.75, 3.05) is 11.4 Å². The first-order valence-electron chi connectivity index (χ1n) is 8.94. The number of anilines is 1. The Morgan fingerprint density at radius 2 is 2.11 bits per heavy atom. The van der Waals surface area contributed by atoms with Gasteiger partial charge in [-0.05, 0) is 30.7 Å². The summed E-state index contributed by atoms with van der Waals surface area (Å²) < 4.78 is 5.45. The molecular formula is C20H16ClN5O2. The van der Waals surface area contributed by atoms with E-state index in [9.17, 15) is 4.79 Å². The van der Waals surface area contributed by atoms with Gasteiger partial charge in [-0.25, -0.2) is 0 Å². The van der Waals surface area contributed by atoms with Crippen LogP contribution in [0.4, 0.5) is 5.69 Å². The van der Waals surface area contributed by atoms with Gasteiger partial charge in [-0.2, -0.15) is 10.1 Å². The molecule has 0 spiro atoms. The molecule has 2 aromatic carbocycles. The van der Waals surface area contributed by atoms with Crippen molar-refractivity contribution in [2.45, 2.75) is 19.3 Å². The van der Waals surface area contributed by atoms with Gasteiger partial charge in [0, 0.05) is 35.0 Å². The van der Waals surface area contributed by atoms with Gasteiger partial charge in [0.05, 0.1) is 5.52 Å². The lowest BCUT2D eigenvalue weighted by Gasteiger charge is -2.17. The molecule has 8 heteroatoms. The zero-order valence-corrected chi connectivity index (χ0v) is 15.8. The summed E-state index contributed by atoms with van der Waals surface area (Å²) in [7, 11) is 0. The standard InChI is InChI=1S/C20H16ClN5O2/c1-11-6-7-13(9-15(11)21)26-10-12(8-17(26)27)19-22-20(28-25-19)18-14-4-2-3-5-16(14)23-24-18/h2-7,9,12H,8,10H2,1H3,(H,23,24). The van der Waals surface area contributed by atoms with Gasteiger partial charge < -0.3 is 9.42 Å². The topological polar surface area (TPSA) is 87.9 Å². The van der Waals surface area contributed by atoms with Crippen LogP contribution in [0.2, 0.25) is 5.02 Å². The number of carbonyl (C=O) groups is 1. The molecule has 28 heavy (non-hydrogen) atoms. The smallest absolute Gasteiger partial charge is 0.279 e. The second-order valence-corrected chi connectivity index (χ2v) is 7.32. The lowest BCUT2D eigenvalue weighted by atomic mass is 10.1. The molecular weight excluding hydrogens is 378 g/mol. The van der Waals surface area contributed by atoms with Crippen LogP contribution in [-0.2, 0) is 4.79 Å². The number of benzene rings is 2. The molecule has 7 nitrogen and oxygen atoms in total. The van der Waals surface area contributed by atoms with Gasteiger partial charge in [-0.1, -0.05) is 41.0 Å². The minimum Gasteiger partial charge on any atom is -0.332 e. The lowest BCUT2D eigenvalue weighted by molar-refractivity contribution is -0.117. The maximum atomic E-state index is 12.5. The number of nitrogens with one attached hydrogen (secondary N) is 1. The van der Waals surface area contributed by atoms with E-state index in [0.29, 0.717) is 35.4 Å². The number of nitrogens with zero attached hydrogens (tertiary/aromatic N) is 4. The third kappa shape index (κ3) is 2.75. The second-order valence-electron chi connectivity index (χ2n) is 6.91. The SMILES string of the molecule is Cc1ccc(N2CC(c3noc(-c4n[nH]c5ccccc45)n3)CC2=O)cc1Cl. The molecule has 3 heterocycles. The van der Waals surface area contributed by atoms with Crippen LogP contribution in [-0.4, -0.2) is 32.8 Å². The van der Waals surface area contributed by atoms with Crippen LogP contribution in [0.15, 0.2) is 47.0 Å². The summed E-state index contributed by atoms with van der Waals surface area (Å²) in [5.41, 5.74) is 3.27. The number of hydrogen-bond acceptors (Lipinski definition) is 5. The molecule has 4 aromatic rings. The number of rotatable bonds is 3. The zero-order valence-electron chi connectivity index (χ0n) is 15.0. The molecule has 0 radical (unpaired) electrons. The van der Waals surface area contributed by atoms with Gasteiger partial charge in [0.2, 0.25) is 5.91 Å². The fraction of sp³-hybridized carbons (Fsp3) is 0.200. The summed E-state index contributed by atoms with van der Waals surface area (Å²) in [4.78, 5) is 18.8. The van der Waals surface area contributed by atoms with Crippen LogP contribution < -0.4 is 4.90 Å². The van der Waals surface area contributed by atoms with Gasteiger partial charge in [0.25, 0.3) is 5.89 Å². The fourth-order valence-corrected chi connectivity index (χ4v) is 3.68. The quantitative estimate of drug-likeness (QED) is 0.566. The molecule has 140 valence electrons. The van der Waals surface area contributed by atoms with Crippen LogP contribution in [0.25, 0.3) is 22.5 Å². The van der Waals surface area contributed by atoms with Crippen molar-refractivity contribution < 1.29 is 9.32 Å². The van der Waals surface area contributed by atoms with Crippen LogP contribution in [0, 0.1) is 6.92 Å².